The Balaban J connectivity index is 2.68. The van der Waals surface area contributed by atoms with Gasteiger partial charge in [0.1, 0.15) is 0 Å². The molecule has 0 N–H and O–H groups in total. The van der Waals surface area contributed by atoms with Gasteiger partial charge in [-0.2, -0.15) is 13.2 Å². The highest BCUT2D eigenvalue weighted by Crippen LogP contribution is 2.27. The number of alkyl halides is 3. The third-order valence-electron chi connectivity index (χ3n) is 1.49. The van der Waals surface area contributed by atoms with Crippen LogP contribution in [0, 0.1) is 0 Å². The Bertz CT molecular complexity index is 248. The molecule has 0 radical (unpaired) electrons. The predicted molar refractivity (Wildman–Crippen MR) is 45.1 cm³/mol. The van der Waals surface area contributed by atoms with Crippen LogP contribution in [0.5, 0.6) is 0 Å². The minimum Gasteiger partial charge on any atom is -0.171 e. The Morgan fingerprint density at radius 2 is 2.08 bits per heavy atom. The van der Waals surface area contributed by atoms with Gasteiger partial charge in [0.2, 0.25) is 0 Å². The zero-order valence-corrected chi connectivity index (χ0v) is 7.00. The fourth-order valence-electron chi connectivity index (χ4n) is 0.957. The number of hydrogen-bond acceptors (Lipinski definition) is 1. The van der Waals surface area contributed by atoms with Crippen molar-refractivity contribution in [3.05, 3.63) is 23.8 Å². The minimum absolute atomic E-state index is 0.222. The molecule has 1 aliphatic rings. The fourth-order valence-corrected chi connectivity index (χ4v) is 1.19. The van der Waals surface area contributed by atoms with Gasteiger partial charge in [-0.25, -0.2) is 0 Å². The molecule has 4 heteroatoms. The predicted octanol–water partition coefficient (Wildman–Crippen LogP) is 3.20. The molecular formula is C8H7F3S. The van der Waals surface area contributed by atoms with Crippen molar-refractivity contribution in [3.8, 4) is 0 Å². The standard InChI is InChI=1S/C8H7F3S/c9-8(10,11)5-6-3-1-2-4-7(6)12/h1-3H,4-5H2. The smallest absolute Gasteiger partial charge is 0.171 e. The molecule has 0 atom stereocenters. The molecule has 0 amide bonds. The van der Waals surface area contributed by atoms with E-state index in [4.69, 9.17) is 12.2 Å². The first kappa shape index (κ1) is 9.45. The van der Waals surface area contributed by atoms with Gasteiger partial charge >= 0.3 is 6.18 Å². The van der Waals surface area contributed by atoms with Gasteiger partial charge in [0.25, 0.3) is 0 Å². The van der Waals surface area contributed by atoms with Crippen LogP contribution in [0.25, 0.3) is 0 Å². The van der Waals surface area contributed by atoms with E-state index >= 15 is 0 Å². The molecule has 0 aromatic carbocycles. The fraction of sp³-hybridized carbons (Fsp3) is 0.375. The lowest BCUT2D eigenvalue weighted by Gasteiger charge is -2.12. The van der Waals surface area contributed by atoms with Gasteiger partial charge in [-0.3, -0.25) is 0 Å². The van der Waals surface area contributed by atoms with Crippen molar-refractivity contribution in [1.82, 2.24) is 0 Å². The van der Waals surface area contributed by atoms with Crippen molar-refractivity contribution >= 4 is 17.1 Å². The molecular weight excluding hydrogens is 185 g/mol. The number of thiocarbonyl (C=S) groups is 1. The van der Waals surface area contributed by atoms with E-state index in [0.29, 0.717) is 11.3 Å². The number of halogens is 3. The van der Waals surface area contributed by atoms with Crippen LogP contribution >= 0.6 is 12.2 Å². The second-order valence-corrected chi connectivity index (χ2v) is 3.03. The normalized spacial score (nSPS) is 17.9. The zero-order chi connectivity index (χ0) is 9.19. The van der Waals surface area contributed by atoms with Gasteiger partial charge in [0.05, 0.1) is 6.42 Å². The van der Waals surface area contributed by atoms with E-state index in [1.165, 1.54) is 6.08 Å². The van der Waals surface area contributed by atoms with Crippen molar-refractivity contribution in [3.63, 3.8) is 0 Å². The third kappa shape index (κ3) is 2.77. The quantitative estimate of drug-likeness (QED) is 0.575. The van der Waals surface area contributed by atoms with E-state index in [1.807, 2.05) is 0 Å². The summed E-state index contributed by atoms with van der Waals surface area (Å²) in [6.07, 6.45) is 0.187. The molecule has 0 aliphatic heterocycles. The van der Waals surface area contributed by atoms with E-state index in [0.717, 1.165) is 0 Å². The van der Waals surface area contributed by atoms with E-state index in [1.54, 1.807) is 12.2 Å². The van der Waals surface area contributed by atoms with Crippen LogP contribution in [0.1, 0.15) is 12.8 Å². The lowest BCUT2D eigenvalue weighted by atomic mass is 10.0. The average Bonchev–Trinajstić information content (AvgIpc) is 1.91. The summed E-state index contributed by atoms with van der Waals surface area (Å²) in [7, 11) is 0. The molecule has 1 aliphatic carbocycles. The molecule has 0 spiro atoms. The minimum atomic E-state index is -4.15. The molecule has 0 aromatic heterocycles. The second kappa shape index (κ2) is 3.39. The van der Waals surface area contributed by atoms with Crippen LogP contribution in [0.4, 0.5) is 13.2 Å². The number of rotatable bonds is 1. The van der Waals surface area contributed by atoms with Crippen LogP contribution in [0.3, 0.4) is 0 Å². The lowest BCUT2D eigenvalue weighted by molar-refractivity contribution is -0.126. The van der Waals surface area contributed by atoms with Gasteiger partial charge in [0, 0.05) is 11.3 Å². The Labute approximate surface area is 73.8 Å². The topological polar surface area (TPSA) is 0 Å². The molecule has 66 valence electrons. The molecule has 0 saturated carbocycles. The van der Waals surface area contributed by atoms with Crippen LogP contribution in [-0.2, 0) is 0 Å². The molecule has 0 nitrogen and oxygen atoms in total. The Hall–Kier alpha value is -0.640. The molecule has 0 unspecified atom stereocenters. The maximum Gasteiger partial charge on any atom is 0.393 e. The van der Waals surface area contributed by atoms with E-state index in [9.17, 15) is 13.2 Å². The summed E-state index contributed by atoms with van der Waals surface area (Å²) in [6.45, 7) is 0. The summed E-state index contributed by atoms with van der Waals surface area (Å²) >= 11 is 4.78. The monoisotopic (exact) mass is 192 g/mol. The van der Waals surface area contributed by atoms with Gasteiger partial charge in [-0.15, -0.1) is 0 Å². The molecule has 0 fully saturated rings. The highest BCUT2D eigenvalue weighted by atomic mass is 32.1. The van der Waals surface area contributed by atoms with Crippen LogP contribution in [0.2, 0.25) is 0 Å². The summed E-state index contributed by atoms with van der Waals surface area (Å²) in [5, 5.41) is 0. The van der Waals surface area contributed by atoms with Crippen molar-refractivity contribution < 1.29 is 13.2 Å². The first-order valence-corrected chi connectivity index (χ1v) is 3.85. The van der Waals surface area contributed by atoms with E-state index in [-0.39, 0.29) is 5.57 Å². The third-order valence-corrected chi connectivity index (χ3v) is 1.91. The molecule has 12 heavy (non-hydrogen) atoms. The maximum absolute atomic E-state index is 11.9. The van der Waals surface area contributed by atoms with E-state index < -0.39 is 12.6 Å². The summed E-state index contributed by atoms with van der Waals surface area (Å²) in [5.74, 6) is 0. The van der Waals surface area contributed by atoms with Crippen LogP contribution in [-0.4, -0.2) is 11.0 Å². The summed E-state index contributed by atoms with van der Waals surface area (Å²) in [4.78, 5) is 0.398. The average molecular weight is 192 g/mol. The van der Waals surface area contributed by atoms with Crippen molar-refractivity contribution in [2.75, 3.05) is 0 Å². The summed E-state index contributed by atoms with van der Waals surface area (Å²) < 4.78 is 35.7. The highest BCUT2D eigenvalue weighted by molar-refractivity contribution is 7.80. The first-order valence-electron chi connectivity index (χ1n) is 3.45. The van der Waals surface area contributed by atoms with Crippen LogP contribution < -0.4 is 0 Å². The largest absolute Gasteiger partial charge is 0.393 e. The summed E-state index contributed by atoms with van der Waals surface area (Å²) in [5.41, 5.74) is 0.222. The number of allylic oxidation sites excluding steroid dienone is 4. The maximum atomic E-state index is 11.9. The Kier molecular flexibility index (Phi) is 2.67. The van der Waals surface area contributed by atoms with E-state index in [2.05, 4.69) is 0 Å². The second-order valence-electron chi connectivity index (χ2n) is 2.54. The van der Waals surface area contributed by atoms with Gasteiger partial charge in [-0.05, 0) is 5.57 Å². The zero-order valence-electron chi connectivity index (χ0n) is 6.19. The lowest BCUT2D eigenvalue weighted by Crippen LogP contribution is -2.13. The van der Waals surface area contributed by atoms with Crippen LogP contribution in [0.15, 0.2) is 23.8 Å². The SMILES string of the molecule is FC(F)(F)CC1=CC=CCC1=S. The molecule has 1 rings (SSSR count). The van der Waals surface area contributed by atoms with Crippen molar-refractivity contribution in [2.45, 2.75) is 19.0 Å². The van der Waals surface area contributed by atoms with Crippen molar-refractivity contribution in [2.24, 2.45) is 0 Å². The highest BCUT2D eigenvalue weighted by Gasteiger charge is 2.29. The molecule has 0 saturated heterocycles. The van der Waals surface area contributed by atoms with Gasteiger partial charge in [-0.1, -0.05) is 30.4 Å². The van der Waals surface area contributed by atoms with Crippen molar-refractivity contribution in [1.29, 1.82) is 0 Å². The van der Waals surface area contributed by atoms with Gasteiger partial charge in [0.15, 0.2) is 0 Å². The molecule has 0 aromatic rings. The Morgan fingerprint density at radius 1 is 1.42 bits per heavy atom. The summed E-state index contributed by atoms with van der Waals surface area (Å²) in [6, 6.07) is 0. The van der Waals surface area contributed by atoms with Gasteiger partial charge < -0.3 is 0 Å². The Morgan fingerprint density at radius 3 is 2.58 bits per heavy atom. The number of hydrogen-bond donors (Lipinski definition) is 0. The first-order chi connectivity index (χ1) is 5.49. The molecule has 0 heterocycles. The molecule has 0 bridgehead atoms.